The van der Waals surface area contributed by atoms with Crippen LogP contribution in [0.5, 0.6) is 0 Å². The van der Waals surface area contributed by atoms with Gasteiger partial charge in [-0.05, 0) is 19.4 Å². The van der Waals surface area contributed by atoms with Crippen molar-refractivity contribution in [2.75, 3.05) is 18.4 Å². The fraction of sp³-hybridized carbons (Fsp3) is 0.500. The van der Waals surface area contributed by atoms with Crippen LogP contribution in [-0.2, 0) is 0 Å². The van der Waals surface area contributed by atoms with Gasteiger partial charge in [-0.1, -0.05) is 0 Å². The summed E-state index contributed by atoms with van der Waals surface area (Å²) in [5, 5.41) is 17.0. The van der Waals surface area contributed by atoms with Gasteiger partial charge in [-0.25, -0.2) is 4.98 Å². The first kappa shape index (κ1) is 10.8. The molecule has 0 bridgehead atoms. The van der Waals surface area contributed by atoms with Crippen molar-refractivity contribution in [2.45, 2.75) is 18.9 Å². The molecule has 1 atom stereocenters. The van der Waals surface area contributed by atoms with Crippen LogP contribution in [0, 0.1) is 10.1 Å². The fourth-order valence-electron chi connectivity index (χ4n) is 1.79. The van der Waals surface area contributed by atoms with Crippen LogP contribution in [0.4, 0.5) is 11.5 Å². The van der Waals surface area contributed by atoms with E-state index >= 15 is 0 Å². The van der Waals surface area contributed by atoms with Crippen LogP contribution in [0.3, 0.4) is 0 Å². The summed E-state index contributed by atoms with van der Waals surface area (Å²) in [6.07, 6.45) is 3.78. The summed E-state index contributed by atoms with van der Waals surface area (Å²) in [5.41, 5.74) is 0.0666. The zero-order chi connectivity index (χ0) is 11.4. The predicted octanol–water partition coefficient (Wildman–Crippen LogP) is 1.15. The Labute approximate surface area is 93.2 Å². The van der Waals surface area contributed by atoms with Gasteiger partial charge in [0.2, 0.25) is 0 Å². The van der Waals surface area contributed by atoms with E-state index in [0.29, 0.717) is 11.9 Å². The molecule has 0 spiro atoms. The van der Waals surface area contributed by atoms with E-state index in [2.05, 4.69) is 15.6 Å². The summed E-state index contributed by atoms with van der Waals surface area (Å²) >= 11 is 0. The normalized spacial score (nSPS) is 19.6. The van der Waals surface area contributed by atoms with Crippen molar-refractivity contribution in [3.63, 3.8) is 0 Å². The van der Waals surface area contributed by atoms with Crippen LogP contribution in [0.25, 0.3) is 0 Å². The molecule has 0 aliphatic carbocycles. The molecule has 16 heavy (non-hydrogen) atoms. The van der Waals surface area contributed by atoms with Crippen molar-refractivity contribution in [1.29, 1.82) is 0 Å². The highest BCUT2D eigenvalue weighted by Crippen LogP contribution is 2.14. The van der Waals surface area contributed by atoms with E-state index in [0.717, 1.165) is 19.5 Å². The van der Waals surface area contributed by atoms with Gasteiger partial charge in [0.25, 0.3) is 5.69 Å². The lowest BCUT2D eigenvalue weighted by Gasteiger charge is -2.11. The molecule has 1 unspecified atom stereocenters. The second-order valence-corrected chi connectivity index (χ2v) is 3.83. The molecule has 6 heteroatoms. The number of nitro groups is 1. The van der Waals surface area contributed by atoms with Gasteiger partial charge in [0, 0.05) is 24.8 Å². The van der Waals surface area contributed by atoms with Gasteiger partial charge in [0.1, 0.15) is 5.82 Å². The van der Waals surface area contributed by atoms with Gasteiger partial charge in [0.15, 0.2) is 0 Å². The van der Waals surface area contributed by atoms with E-state index in [9.17, 15) is 10.1 Å². The minimum atomic E-state index is -0.416. The maximum atomic E-state index is 10.6. The predicted molar refractivity (Wildman–Crippen MR) is 60.4 cm³/mol. The Balaban J connectivity index is 1.93. The van der Waals surface area contributed by atoms with Gasteiger partial charge >= 0.3 is 0 Å². The summed E-state index contributed by atoms with van der Waals surface area (Å²) in [6, 6.07) is 3.29. The number of hydrogen-bond donors (Lipinski definition) is 2. The molecular weight excluding hydrogens is 208 g/mol. The summed E-state index contributed by atoms with van der Waals surface area (Å²) < 4.78 is 0. The standard InChI is InChI=1S/C10H14N4O2/c15-14(16)9-3-5-12-10(6-9)13-7-8-2-1-4-11-8/h3,5-6,8,11H,1-2,4,7H2,(H,12,13). The number of rotatable bonds is 4. The molecule has 6 nitrogen and oxygen atoms in total. The smallest absolute Gasteiger partial charge is 0.274 e. The lowest BCUT2D eigenvalue weighted by molar-refractivity contribution is -0.384. The highest BCUT2D eigenvalue weighted by molar-refractivity contribution is 5.44. The van der Waals surface area contributed by atoms with Crippen LogP contribution in [0.15, 0.2) is 18.3 Å². The number of nitrogens with one attached hydrogen (secondary N) is 2. The largest absolute Gasteiger partial charge is 0.368 e. The molecule has 2 rings (SSSR count). The van der Waals surface area contributed by atoms with Crippen LogP contribution in [0.2, 0.25) is 0 Å². The topological polar surface area (TPSA) is 80.1 Å². The van der Waals surface area contributed by atoms with Crippen molar-refractivity contribution in [1.82, 2.24) is 10.3 Å². The number of nitrogens with zero attached hydrogens (tertiary/aromatic N) is 2. The average molecular weight is 222 g/mol. The maximum Gasteiger partial charge on any atom is 0.274 e. The monoisotopic (exact) mass is 222 g/mol. The molecule has 86 valence electrons. The van der Waals surface area contributed by atoms with Crippen LogP contribution in [0.1, 0.15) is 12.8 Å². The van der Waals surface area contributed by atoms with E-state index in [4.69, 9.17) is 0 Å². The molecule has 0 amide bonds. The van der Waals surface area contributed by atoms with Crippen LogP contribution >= 0.6 is 0 Å². The van der Waals surface area contributed by atoms with Crippen molar-refractivity contribution in [3.8, 4) is 0 Å². The van der Waals surface area contributed by atoms with Gasteiger partial charge in [-0.3, -0.25) is 10.1 Å². The van der Waals surface area contributed by atoms with E-state index < -0.39 is 4.92 Å². The lowest BCUT2D eigenvalue weighted by atomic mass is 10.2. The Hall–Kier alpha value is -1.69. The molecule has 0 saturated carbocycles. The van der Waals surface area contributed by atoms with E-state index in [1.807, 2.05) is 0 Å². The van der Waals surface area contributed by atoms with Crippen LogP contribution < -0.4 is 10.6 Å². The van der Waals surface area contributed by atoms with Gasteiger partial charge in [-0.2, -0.15) is 0 Å². The van der Waals surface area contributed by atoms with Crippen molar-refractivity contribution < 1.29 is 4.92 Å². The number of anilines is 1. The van der Waals surface area contributed by atoms with Gasteiger partial charge in [-0.15, -0.1) is 0 Å². The van der Waals surface area contributed by atoms with E-state index in [1.54, 1.807) is 0 Å². The molecule has 1 saturated heterocycles. The van der Waals surface area contributed by atoms with Crippen molar-refractivity contribution >= 4 is 11.5 Å². The first-order valence-corrected chi connectivity index (χ1v) is 5.33. The van der Waals surface area contributed by atoms with Gasteiger partial charge < -0.3 is 10.6 Å². The van der Waals surface area contributed by atoms with Crippen LogP contribution in [-0.4, -0.2) is 29.0 Å². The highest BCUT2D eigenvalue weighted by atomic mass is 16.6. The molecule has 0 aromatic carbocycles. The third kappa shape index (κ3) is 2.66. The zero-order valence-electron chi connectivity index (χ0n) is 8.85. The molecule has 1 fully saturated rings. The molecule has 1 aliphatic rings. The summed E-state index contributed by atoms with van der Waals surface area (Å²) in [7, 11) is 0. The minimum Gasteiger partial charge on any atom is -0.368 e. The molecule has 1 aromatic heterocycles. The molecule has 2 N–H and O–H groups in total. The average Bonchev–Trinajstić information content (AvgIpc) is 2.79. The first-order chi connectivity index (χ1) is 7.75. The SMILES string of the molecule is O=[N+]([O-])c1ccnc(NCC2CCCN2)c1. The fourth-order valence-corrected chi connectivity index (χ4v) is 1.79. The number of aromatic nitrogens is 1. The maximum absolute atomic E-state index is 10.6. The number of hydrogen-bond acceptors (Lipinski definition) is 5. The summed E-state index contributed by atoms with van der Waals surface area (Å²) in [5.74, 6) is 0.558. The second-order valence-electron chi connectivity index (χ2n) is 3.83. The summed E-state index contributed by atoms with van der Waals surface area (Å²) in [6.45, 7) is 1.81. The Morgan fingerprint density at radius 2 is 2.56 bits per heavy atom. The number of pyridine rings is 1. The minimum absolute atomic E-state index is 0.0666. The Bertz CT molecular complexity index is 377. The van der Waals surface area contributed by atoms with E-state index in [1.165, 1.54) is 24.8 Å². The third-order valence-electron chi connectivity index (χ3n) is 2.65. The Morgan fingerprint density at radius 1 is 1.69 bits per heavy atom. The Kier molecular flexibility index (Phi) is 3.31. The third-order valence-corrected chi connectivity index (χ3v) is 2.65. The van der Waals surface area contributed by atoms with Crippen molar-refractivity contribution in [2.24, 2.45) is 0 Å². The quantitative estimate of drug-likeness (QED) is 0.590. The van der Waals surface area contributed by atoms with Crippen molar-refractivity contribution in [3.05, 3.63) is 28.4 Å². The molecule has 1 aliphatic heterocycles. The highest BCUT2D eigenvalue weighted by Gasteiger charge is 2.14. The second kappa shape index (κ2) is 4.89. The molecular formula is C10H14N4O2. The summed E-state index contributed by atoms with van der Waals surface area (Å²) in [4.78, 5) is 14.2. The molecule has 1 aromatic rings. The molecule has 2 heterocycles. The van der Waals surface area contributed by atoms with Gasteiger partial charge in [0.05, 0.1) is 11.0 Å². The van der Waals surface area contributed by atoms with E-state index in [-0.39, 0.29) is 5.69 Å². The molecule has 0 radical (unpaired) electrons. The first-order valence-electron chi connectivity index (χ1n) is 5.33. The Morgan fingerprint density at radius 3 is 3.25 bits per heavy atom. The zero-order valence-corrected chi connectivity index (χ0v) is 8.85. The lowest BCUT2D eigenvalue weighted by Crippen LogP contribution is -2.29.